The van der Waals surface area contributed by atoms with Crippen molar-refractivity contribution in [3.8, 4) is 11.5 Å². The number of nitrogens with one attached hydrogen (secondary N) is 2. The lowest BCUT2D eigenvalue weighted by Crippen LogP contribution is -2.55. The Morgan fingerprint density at radius 1 is 1.19 bits per heavy atom. The molecule has 1 fully saturated rings. The van der Waals surface area contributed by atoms with E-state index in [1.807, 2.05) is 30.3 Å². The molecule has 27 heavy (non-hydrogen) atoms. The summed E-state index contributed by atoms with van der Waals surface area (Å²) in [6, 6.07) is 13.7. The van der Waals surface area contributed by atoms with Crippen LogP contribution in [0.2, 0.25) is 0 Å². The summed E-state index contributed by atoms with van der Waals surface area (Å²) in [6.07, 6.45) is 2.56. The third-order valence-electron chi connectivity index (χ3n) is 5.39. The zero-order valence-corrected chi connectivity index (χ0v) is 16.9. The molecule has 0 saturated carbocycles. The highest BCUT2D eigenvalue weighted by Crippen LogP contribution is 2.37. The Bertz CT molecular complexity index is 862. The van der Waals surface area contributed by atoms with Gasteiger partial charge in [0.15, 0.2) is 0 Å². The first-order valence-electron chi connectivity index (χ1n) is 9.28. The Labute approximate surface area is 168 Å². The standard InChI is InChI=1S/C21H24BrN3O2/c1-27-16-4-2-3-14(11-16)18-13-19(17-12-15(22)5-6-20(17)26)25-21(24-18)7-9-23-10-8-21/h2-6,11-12,19,23,25-26H,7-10,13H2,1H3/t19-/m0/s1. The summed E-state index contributed by atoms with van der Waals surface area (Å²) in [6.45, 7) is 1.86. The summed E-state index contributed by atoms with van der Waals surface area (Å²) in [5, 5.41) is 17.6. The van der Waals surface area contributed by atoms with Crippen molar-refractivity contribution in [1.82, 2.24) is 10.6 Å². The van der Waals surface area contributed by atoms with Crippen molar-refractivity contribution in [2.24, 2.45) is 4.99 Å². The fourth-order valence-corrected chi connectivity index (χ4v) is 4.36. The van der Waals surface area contributed by atoms with E-state index >= 15 is 0 Å². The average molecular weight is 430 g/mol. The van der Waals surface area contributed by atoms with Crippen LogP contribution in [0.15, 0.2) is 51.9 Å². The van der Waals surface area contributed by atoms with Gasteiger partial charge in [-0.3, -0.25) is 10.3 Å². The molecule has 6 heteroatoms. The van der Waals surface area contributed by atoms with E-state index in [1.54, 1.807) is 13.2 Å². The molecule has 1 atom stereocenters. The van der Waals surface area contributed by atoms with Crippen molar-refractivity contribution in [3.05, 3.63) is 58.1 Å². The minimum absolute atomic E-state index is 0.000647. The van der Waals surface area contributed by atoms with Crippen molar-refractivity contribution < 1.29 is 9.84 Å². The van der Waals surface area contributed by atoms with Gasteiger partial charge in [0.05, 0.1) is 7.11 Å². The molecule has 0 bridgehead atoms. The normalized spacial score (nSPS) is 21.7. The number of rotatable bonds is 3. The molecule has 3 N–H and O–H groups in total. The number of benzene rings is 2. The number of methoxy groups -OCH3 is 1. The molecule has 5 nitrogen and oxygen atoms in total. The first-order valence-corrected chi connectivity index (χ1v) is 10.1. The van der Waals surface area contributed by atoms with Crippen LogP contribution in [-0.4, -0.2) is 36.7 Å². The Morgan fingerprint density at radius 2 is 2.00 bits per heavy atom. The SMILES string of the molecule is COc1cccc(C2=NC3(CCNCC3)N[C@H](c3cc(Br)ccc3O)C2)c1. The molecule has 0 aromatic heterocycles. The second-order valence-corrected chi connectivity index (χ2v) is 8.09. The fraction of sp³-hybridized carbons (Fsp3) is 0.381. The highest BCUT2D eigenvalue weighted by molar-refractivity contribution is 9.10. The van der Waals surface area contributed by atoms with E-state index in [2.05, 4.69) is 32.6 Å². The number of aromatic hydroxyl groups is 1. The number of aliphatic imine (C=N–C) groups is 1. The number of phenolic OH excluding ortho intramolecular Hbond substituents is 1. The number of halogens is 1. The molecule has 0 radical (unpaired) electrons. The first-order chi connectivity index (χ1) is 13.1. The molecule has 2 aromatic carbocycles. The largest absolute Gasteiger partial charge is 0.508 e. The van der Waals surface area contributed by atoms with Crippen LogP contribution in [0, 0.1) is 0 Å². The van der Waals surface area contributed by atoms with E-state index in [0.717, 1.165) is 53.0 Å². The average Bonchev–Trinajstić information content (AvgIpc) is 2.70. The Balaban J connectivity index is 1.76. The molecule has 4 rings (SSSR count). The molecule has 2 aliphatic rings. The lowest BCUT2D eigenvalue weighted by atomic mass is 9.88. The minimum atomic E-state index is -0.304. The Morgan fingerprint density at radius 3 is 2.78 bits per heavy atom. The smallest absolute Gasteiger partial charge is 0.120 e. The van der Waals surface area contributed by atoms with Gasteiger partial charge in [0.25, 0.3) is 0 Å². The maximum atomic E-state index is 10.5. The lowest BCUT2D eigenvalue weighted by Gasteiger charge is -2.42. The van der Waals surface area contributed by atoms with Gasteiger partial charge in [-0.2, -0.15) is 0 Å². The predicted octanol–water partition coefficient (Wildman–Crippen LogP) is 3.77. The van der Waals surface area contributed by atoms with Crippen LogP contribution in [0.4, 0.5) is 0 Å². The predicted molar refractivity (Wildman–Crippen MR) is 111 cm³/mol. The van der Waals surface area contributed by atoms with Crippen LogP contribution in [0.5, 0.6) is 11.5 Å². The lowest BCUT2D eigenvalue weighted by molar-refractivity contribution is 0.216. The van der Waals surface area contributed by atoms with Gasteiger partial charge in [-0.1, -0.05) is 28.1 Å². The summed E-state index contributed by atoms with van der Waals surface area (Å²) < 4.78 is 6.36. The molecule has 0 unspecified atom stereocenters. The molecule has 2 aromatic rings. The molecule has 2 heterocycles. The second kappa shape index (κ2) is 7.62. The van der Waals surface area contributed by atoms with Crippen molar-refractivity contribution in [3.63, 3.8) is 0 Å². The van der Waals surface area contributed by atoms with E-state index in [9.17, 15) is 5.11 Å². The molecular weight excluding hydrogens is 406 g/mol. The van der Waals surface area contributed by atoms with E-state index in [0.29, 0.717) is 12.2 Å². The van der Waals surface area contributed by atoms with Crippen molar-refractivity contribution in [2.45, 2.75) is 31.0 Å². The van der Waals surface area contributed by atoms with Gasteiger partial charge in [0.2, 0.25) is 0 Å². The summed E-state index contributed by atoms with van der Waals surface area (Å²) in [7, 11) is 1.68. The third-order valence-corrected chi connectivity index (χ3v) is 5.88. The molecule has 0 aliphatic carbocycles. The van der Waals surface area contributed by atoms with E-state index < -0.39 is 0 Å². The zero-order valence-electron chi connectivity index (χ0n) is 15.3. The van der Waals surface area contributed by atoms with Gasteiger partial charge in [-0.05, 0) is 61.8 Å². The van der Waals surface area contributed by atoms with Gasteiger partial charge >= 0.3 is 0 Å². The van der Waals surface area contributed by atoms with Gasteiger partial charge in [-0.15, -0.1) is 0 Å². The molecule has 0 amide bonds. The molecule has 142 valence electrons. The maximum Gasteiger partial charge on any atom is 0.120 e. The van der Waals surface area contributed by atoms with Crippen LogP contribution in [0.1, 0.15) is 36.4 Å². The fourth-order valence-electron chi connectivity index (χ4n) is 3.98. The Kier molecular flexibility index (Phi) is 5.21. The van der Waals surface area contributed by atoms with E-state index in [1.165, 1.54) is 0 Å². The highest BCUT2D eigenvalue weighted by atomic mass is 79.9. The van der Waals surface area contributed by atoms with Gasteiger partial charge in [0.1, 0.15) is 17.2 Å². The number of ether oxygens (including phenoxy) is 1. The summed E-state index contributed by atoms with van der Waals surface area (Å²) in [5.74, 6) is 1.14. The number of hydrogen-bond acceptors (Lipinski definition) is 5. The maximum absolute atomic E-state index is 10.5. The first kappa shape index (κ1) is 18.5. The number of phenols is 1. The van der Waals surface area contributed by atoms with Crippen LogP contribution in [0.3, 0.4) is 0 Å². The van der Waals surface area contributed by atoms with Crippen LogP contribution in [0.25, 0.3) is 0 Å². The molecule has 2 aliphatic heterocycles. The summed E-state index contributed by atoms with van der Waals surface area (Å²) in [5.41, 5.74) is 2.73. The van der Waals surface area contributed by atoms with E-state index in [-0.39, 0.29) is 11.7 Å². The number of piperidine rings is 1. The van der Waals surface area contributed by atoms with Gasteiger partial charge in [0, 0.05) is 28.2 Å². The van der Waals surface area contributed by atoms with Crippen LogP contribution >= 0.6 is 15.9 Å². The topological polar surface area (TPSA) is 65.9 Å². The van der Waals surface area contributed by atoms with Crippen LogP contribution < -0.4 is 15.4 Å². The molecular formula is C21H24BrN3O2. The van der Waals surface area contributed by atoms with Gasteiger partial charge < -0.3 is 15.2 Å². The highest BCUT2D eigenvalue weighted by Gasteiger charge is 2.39. The number of hydrogen-bond donors (Lipinski definition) is 3. The second-order valence-electron chi connectivity index (χ2n) is 7.18. The number of nitrogens with zero attached hydrogens (tertiary/aromatic N) is 1. The summed E-state index contributed by atoms with van der Waals surface area (Å²) >= 11 is 3.53. The van der Waals surface area contributed by atoms with Crippen LogP contribution in [-0.2, 0) is 0 Å². The zero-order chi connectivity index (χ0) is 18.9. The van der Waals surface area contributed by atoms with Gasteiger partial charge in [-0.25, -0.2) is 0 Å². The monoisotopic (exact) mass is 429 g/mol. The third kappa shape index (κ3) is 3.88. The Hall–Kier alpha value is -1.89. The van der Waals surface area contributed by atoms with Crippen molar-refractivity contribution >= 4 is 21.6 Å². The minimum Gasteiger partial charge on any atom is -0.508 e. The van der Waals surface area contributed by atoms with Crippen molar-refractivity contribution in [1.29, 1.82) is 0 Å². The van der Waals surface area contributed by atoms with Crippen molar-refractivity contribution in [2.75, 3.05) is 20.2 Å². The molecule has 1 spiro atoms. The van der Waals surface area contributed by atoms with E-state index in [4.69, 9.17) is 9.73 Å². The summed E-state index contributed by atoms with van der Waals surface area (Å²) in [4.78, 5) is 5.16. The molecule has 1 saturated heterocycles. The quantitative estimate of drug-likeness (QED) is 0.694.